The summed E-state index contributed by atoms with van der Waals surface area (Å²) in [6, 6.07) is 103. The molecule has 0 aliphatic rings. The van der Waals surface area contributed by atoms with Crippen molar-refractivity contribution in [2.45, 2.75) is 0 Å². The van der Waals surface area contributed by atoms with Crippen LogP contribution in [0, 0.1) is 0 Å². The fraction of sp³-hybridized carbons (Fsp3) is 0. The van der Waals surface area contributed by atoms with Crippen LogP contribution in [-0.2, 0) is 0 Å². The second-order valence-electron chi connectivity index (χ2n) is 18.4. The van der Waals surface area contributed by atoms with Crippen molar-refractivity contribution in [2.24, 2.45) is 0 Å². The zero-order valence-corrected chi connectivity index (χ0v) is 39.5. The lowest BCUT2D eigenvalue weighted by Crippen LogP contribution is -2.12. The van der Waals surface area contributed by atoms with Gasteiger partial charge in [-0.25, -0.2) is 0 Å². The largest absolute Gasteiger partial charge is 0.456 e. The molecule has 0 aliphatic heterocycles. The molecular weight excluding hydrogens is 871 g/mol. The van der Waals surface area contributed by atoms with E-state index in [9.17, 15) is 0 Å². The van der Waals surface area contributed by atoms with E-state index in [1.54, 1.807) is 0 Å². The lowest BCUT2D eigenvalue weighted by Gasteiger charge is -2.30. The van der Waals surface area contributed by atoms with Crippen LogP contribution in [0.5, 0.6) is 0 Å². The number of fused-ring (bicyclic) bond motifs is 4. The first-order chi connectivity index (χ1) is 35.7. The maximum atomic E-state index is 6.59. The third-order valence-electron chi connectivity index (χ3n) is 14.1. The van der Waals surface area contributed by atoms with E-state index >= 15 is 0 Å². The van der Waals surface area contributed by atoms with E-state index in [4.69, 9.17) is 4.42 Å². The Morgan fingerprint density at radius 2 is 0.681 bits per heavy atom. The summed E-state index contributed by atoms with van der Waals surface area (Å²) in [6.07, 6.45) is 0. The van der Waals surface area contributed by atoms with Crippen LogP contribution in [0.15, 0.2) is 290 Å². The quantitative estimate of drug-likeness (QED) is 0.136. The fourth-order valence-corrected chi connectivity index (χ4v) is 10.5. The number of hydrogen-bond acceptors (Lipinski definition) is 2. The van der Waals surface area contributed by atoms with E-state index in [-0.39, 0.29) is 0 Å². The molecule has 0 spiro atoms. The molecule has 0 aliphatic carbocycles. The Labute approximate surface area is 420 Å². The maximum Gasteiger partial charge on any atom is 0.136 e. The van der Waals surface area contributed by atoms with Gasteiger partial charge in [-0.05, 0) is 138 Å². The smallest absolute Gasteiger partial charge is 0.136 e. The fourth-order valence-electron chi connectivity index (χ4n) is 10.5. The normalized spacial score (nSPS) is 11.3. The lowest BCUT2D eigenvalue weighted by molar-refractivity contribution is 0.669. The molecule has 338 valence electrons. The molecule has 0 radical (unpaired) electrons. The molecule has 0 amide bonds. The number of nitrogens with zero attached hydrogens (tertiary/aromatic N) is 1. The van der Waals surface area contributed by atoms with Crippen molar-refractivity contribution in [3.63, 3.8) is 0 Å². The van der Waals surface area contributed by atoms with Crippen LogP contribution in [0.2, 0.25) is 0 Å². The van der Waals surface area contributed by atoms with Gasteiger partial charge in [-0.2, -0.15) is 0 Å². The van der Waals surface area contributed by atoms with E-state index in [2.05, 4.69) is 284 Å². The van der Waals surface area contributed by atoms with Crippen LogP contribution in [0.25, 0.3) is 111 Å². The van der Waals surface area contributed by atoms with Crippen LogP contribution in [0.1, 0.15) is 0 Å². The SMILES string of the molecule is c1ccc(-c2ccc(-c3cccc(N(c4ccc(-c5ccc(-c6cccc(-c7ccccc7)c6)cc5)cc4)c4ccc5c(-c6ccccc6)cccc5c4)c3-c3ccc4c(c3)oc3ccccc34)cc2)cc1. The average Bonchev–Trinajstić information content (AvgIpc) is 3.84. The molecule has 13 aromatic rings. The molecule has 2 heteroatoms. The second-order valence-corrected chi connectivity index (χ2v) is 18.4. The summed E-state index contributed by atoms with van der Waals surface area (Å²) in [7, 11) is 0. The molecule has 0 bridgehead atoms. The summed E-state index contributed by atoms with van der Waals surface area (Å²) in [4.78, 5) is 2.43. The highest BCUT2D eigenvalue weighted by atomic mass is 16.3. The molecule has 12 aromatic carbocycles. The summed E-state index contributed by atoms with van der Waals surface area (Å²) in [5, 5.41) is 4.60. The zero-order chi connectivity index (χ0) is 47.8. The Morgan fingerprint density at radius 3 is 1.36 bits per heavy atom. The predicted molar refractivity (Wildman–Crippen MR) is 304 cm³/mol. The van der Waals surface area contributed by atoms with Crippen LogP contribution >= 0.6 is 0 Å². The van der Waals surface area contributed by atoms with Crippen molar-refractivity contribution in [2.75, 3.05) is 4.90 Å². The predicted octanol–water partition coefficient (Wildman–Crippen LogP) is 19.9. The number of rotatable bonds is 10. The van der Waals surface area contributed by atoms with Gasteiger partial charge in [0.15, 0.2) is 0 Å². The number of para-hydroxylation sites is 1. The van der Waals surface area contributed by atoms with Crippen molar-refractivity contribution >= 4 is 49.8 Å². The molecule has 1 heterocycles. The zero-order valence-electron chi connectivity index (χ0n) is 39.5. The van der Waals surface area contributed by atoms with Crippen molar-refractivity contribution in [1.29, 1.82) is 0 Å². The van der Waals surface area contributed by atoms with Crippen molar-refractivity contribution in [3.05, 3.63) is 285 Å². The van der Waals surface area contributed by atoms with Gasteiger partial charge >= 0.3 is 0 Å². The first-order valence-corrected chi connectivity index (χ1v) is 24.6. The van der Waals surface area contributed by atoms with Gasteiger partial charge in [-0.3, -0.25) is 0 Å². The van der Waals surface area contributed by atoms with Gasteiger partial charge in [0.25, 0.3) is 0 Å². The summed E-state index contributed by atoms with van der Waals surface area (Å²) in [6.45, 7) is 0. The van der Waals surface area contributed by atoms with E-state index < -0.39 is 0 Å². The Hall–Kier alpha value is -9.50. The van der Waals surface area contributed by atoms with Gasteiger partial charge in [0.1, 0.15) is 11.2 Å². The maximum absolute atomic E-state index is 6.59. The Morgan fingerprint density at radius 1 is 0.236 bits per heavy atom. The molecule has 0 saturated carbocycles. The van der Waals surface area contributed by atoms with E-state index in [1.807, 2.05) is 6.07 Å². The minimum absolute atomic E-state index is 0.860. The molecule has 0 fully saturated rings. The molecule has 0 unspecified atom stereocenters. The Bertz CT molecular complexity index is 4040. The van der Waals surface area contributed by atoms with Crippen LogP contribution in [-0.4, -0.2) is 0 Å². The Balaban J connectivity index is 0.960. The lowest BCUT2D eigenvalue weighted by atomic mass is 9.90. The molecule has 1 aromatic heterocycles. The monoisotopic (exact) mass is 917 g/mol. The minimum Gasteiger partial charge on any atom is -0.456 e. The highest BCUT2D eigenvalue weighted by molar-refractivity contribution is 6.08. The van der Waals surface area contributed by atoms with Gasteiger partial charge in [0, 0.05) is 27.7 Å². The average molecular weight is 918 g/mol. The number of furan rings is 1. The summed E-state index contributed by atoms with van der Waals surface area (Å²) in [5.41, 5.74) is 21.3. The summed E-state index contributed by atoms with van der Waals surface area (Å²) < 4.78 is 6.59. The highest BCUT2D eigenvalue weighted by Crippen LogP contribution is 2.48. The third-order valence-corrected chi connectivity index (χ3v) is 14.1. The molecule has 72 heavy (non-hydrogen) atoms. The number of hydrogen-bond donors (Lipinski definition) is 0. The van der Waals surface area contributed by atoms with Crippen LogP contribution in [0.4, 0.5) is 17.1 Å². The minimum atomic E-state index is 0.860. The molecule has 0 N–H and O–H groups in total. The van der Waals surface area contributed by atoms with E-state index in [1.165, 1.54) is 55.3 Å². The standard InChI is InChI=1S/C70H47NO/c1-4-15-48(16-5-1)50-33-35-55(36-34-50)64-26-14-27-67(70(64)59-39-43-66-65-24-10-11-28-68(65)72-69(66)47-59)71(61-42-44-63-58(46-61)23-13-25-62(63)54-19-8-3-9-20-54)60-40-37-52(38-41-60)51-29-31-53(32-30-51)57-22-12-21-56(45-57)49-17-6-2-7-18-49/h1-47H. The third kappa shape index (κ3) is 8.01. The summed E-state index contributed by atoms with van der Waals surface area (Å²) >= 11 is 0. The number of anilines is 3. The second kappa shape index (κ2) is 18.4. The van der Waals surface area contributed by atoms with E-state index in [0.717, 1.165) is 72.4 Å². The van der Waals surface area contributed by atoms with Crippen molar-refractivity contribution in [1.82, 2.24) is 0 Å². The topological polar surface area (TPSA) is 16.4 Å². The first kappa shape index (κ1) is 42.6. The van der Waals surface area contributed by atoms with Crippen molar-refractivity contribution in [3.8, 4) is 77.9 Å². The van der Waals surface area contributed by atoms with Crippen LogP contribution in [0.3, 0.4) is 0 Å². The van der Waals surface area contributed by atoms with Gasteiger partial charge in [-0.15, -0.1) is 0 Å². The van der Waals surface area contributed by atoms with Gasteiger partial charge in [0.05, 0.1) is 5.69 Å². The van der Waals surface area contributed by atoms with Gasteiger partial charge < -0.3 is 9.32 Å². The molecule has 0 atom stereocenters. The number of benzene rings is 12. The van der Waals surface area contributed by atoms with Gasteiger partial charge in [-0.1, -0.05) is 231 Å². The molecule has 13 rings (SSSR count). The van der Waals surface area contributed by atoms with Crippen molar-refractivity contribution < 1.29 is 4.42 Å². The Kier molecular flexibility index (Phi) is 10.9. The van der Waals surface area contributed by atoms with E-state index in [0.29, 0.717) is 0 Å². The molecule has 0 saturated heterocycles. The summed E-state index contributed by atoms with van der Waals surface area (Å²) in [5.74, 6) is 0. The molecule has 2 nitrogen and oxygen atoms in total. The molecular formula is C70H47NO. The first-order valence-electron chi connectivity index (χ1n) is 24.6. The highest BCUT2D eigenvalue weighted by Gasteiger charge is 2.23. The van der Waals surface area contributed by atoms with Gasteiger partial charge in [0.2, 0.25) is 0 Å². The van der Waals surface area contributed by atoms with Crippen LogP contribution < -0.4 is 4.90 Å².